The number of halogens is 1. The van der Waals surface area contributed by atoms with E-state index < -0.39 is 0 Å². The first kappa shape index (κ1) is 31.6. The van der Waals surface area contributed by atoms with Gasteiger partial charge in [0.2, 0.25) is 5.91 Å². The Kier molecular flexibility index (Phi) is 25.1. The van der Waals surface area contributed by atoms with Crippen LogP contribution < -0.4 is 23.6 Å². The van der Waals surface area contributed by atoms with Crippen molar-refractivity contribution in [3.63, 3.8) is 0 Å². The van der Waals surface area contributed by atoms with Gasteiger partial charge in [-0.1, -0.05) is 78.2 Å². The van der Waals surface area contributed by atoms with E-state index >= 15 is 0 Å². The Morgan fingerprint density at radius 3 is 1.79 bits per heavy atom. The van der Waals surface area contributed by atoms with E-state index in [4.69, 9.17) is 5.73 Å². The van der Waals surface area contributed by atoms with Crippen LogP contribution in [0.5, 0.6) is 0 Å². The molecule has 0 bridgehead atoms. The van der Waals surface area contributed by atoms with Gasteiger partial charge in [0, 0.05) is 13.3 Å². The van der Waals surface area contributed by atoms with Crippen LogP contribution in [0, 0.1) is 0 Å². The highest BCUT2D eigenvalue weighted by Gasteiger charge is 2.20. The van der Waals surface area contributed by atoms with Crippen molar-refractivity contribution >= 4 is 11.8 Å². The first-order chi connectivity index (χ1) is 12.8. The molecule has 0 saturated carbocycles. The number of primary amides is 1. The van der Waals surface area contributed by atoms with Crippen molar-refractivity contribution in [3.8, 4) is 0 Å². The maximum absolute atomic E-state index is 10.9. The zero-order valence-corrected chi connectivity index (χ0v) is 19.7. The molecule has 0 aromatic heterocycles. The number of quaternary nitrogens is 1. The number of nitrogens with zero attached hydrogens (tertiary/aromatic N) is 1. The van der Waals surface area contributed by atoms with Gasteiger partial charge in [0.15, 0.2) is 0 Å². The van der Waals surface area contributed by atoms with Crippen molar-refractivity contribution in [3.05, 3.63) is 12.7 Å². The molecule has 0 aliphatic heterocycles. The number of hydrogen-bond donors (Lipinski definition) is 2. The van der Waals surface area contributed by atoms with Gasteiger partial charge in [-0.25, -0.2) is 10.0 Å². The zero-order valence-electron chi connectivity index (χ0n) is 18.9. The van der Waals surface area contributed by atoms with Gasteiger partial charge in [0.25, 0.3) is 5.91 Å². The Labute approximate surface area is 180 Å². The number of amides is 2. The Morgan fingerprint density at radius 1 is 0.929 bits per heavy atom. The van der Waals surface area contributed by atoms with Crippen LogP contribution in [0.4, 0.5) is 0 Å². The Hall–Kier alpha value is -1.07. The summed E-state index contributed by atoms with van der Waals surface area (Å²) >= 11 is 0. The van der Waals surface area contributed by atoms with Crippen LogP contribution in [0.1, 0.15) is 97.8 Å². The summed E-state index contributed by atoms with van der Waals surface area (Å²) in [6, 6.07) is 0. The van der Waals surface area contributed by atoms with Crippen LogP contribution in [0.2, 0.25) is 0 Å². The first-order valence-electron chi connectivity index (χ1n) is 10.8. The van der Waals surface area contributed by atoms with Crippen molar-refractivity contribution in [2.45, 2.75) is 97.8 Å². The lowest BCUT2D eigenvalue weighted by molar-refractivity contribution is -0.938. The fourth-order valence-corrected chi connectivity index (χ4v) is 2.97. The Bertz CT molecular complexity index is 392. The standard InChI is InChI=1S/C12H25NO.C10H20N2O.ClH/c1-2-3-4-5-6-7-8-9-10-11-12(13)14;1-5-7-9-12(4,8-6-2)11-10(3)13;/h2-11H2,1H3,(H2,13,14);6H,2,5,7-9H2,1,3-4H3;1H. The molecule has 0 saturated heterocycles. The van der Waals surface area contributed by atoms with Crippen LogP contribution in [0.25, 0.3) is 0 Å². The highest BCUT2D eigenvalue weighted by Crippen LogP contribution is 2.10. The van der Waals surface area contributed by atoms with E-state index in [0.29, 0.717) is 11.0 Å². The minimum absolute atomic E-state index is 0. The second-order valence-electron chi connectivity index (χ2n) is 7.66. The van der Waals surface area contributed by atoms with Crippen LogP contribution in [-0.2, 0) is 9.59 Å². The smallest absolute Gasteiger partial charge is 0.261 e. The molecule has 1 unspecified atom stereocenters. The molecule has 0 heterocycles. The number of carbonyl (C=O) groups excluding carboxylic acids is 2. The SMILES string of the molecule is C=CC[N+](C)(CCCC)NC(C)=O.CCCCCCCCCCCC(N)=O.[Cl-]. The monoisotopic (exact) mass is 419 g/mol. The molecule has 0 aliphatic rings. The molecule has 0 fully saturated rings. The van der Waals surface area contributed by atoms with Gasteiger partial charge in [0.1, 0.15) is 13.1 Å². The van der Waals surface area contributed by atoms with Crippen LogP contribution >= 0.6 is 0 Å². The summed E-state index contributed by atoms with van der Waals surface area (Å²) in [5, 5.41) is 0. The molecule has 0 radical (unpaired) electrons. The number of nitrogens with two attached hydrogens (primary N) is 1. The van der Waals surface area contributed by atoms with Gasteiger partial charge in [-0.15, -0.1) is 0 Å². The van der Waals surface area contributed by atoms with Gasteiger partial charge in [-0.05, 0) is 18.9 Å². The number of unbranched alkanes of at least 4 members (excludes halogenated alkanes) is 9. The highest BCUT2D eigenvalue weighted by molar-refractivity contribution is 5.73. The second-order valence-corrected chi connectivity index (χ2v) is 7.66. The van der Waals surface area contributed by atoms with E-state index in [1.807, 2.05) is 13.1 Å². The lowest BCUT2D eigenvalue weighted by atomic mass is 10.1. The number of likely N-dealkylation sites (N-methyl/N-ethyl adjacent to an activating group) is 1. The number of carbonyl (C=O) groups is 2. The molecule has 0 aliphatic carbocycles. The van der Waals surface area contributed by atoms with E-state index in [1.165, 1.54) is 44.9 Å². The molecule has 168 valence electrons. The minimum Gasteiger partial charge on any atom is -1.00 e. The van der Waals surface area contributed by atoms with E-state index in [0.717, 1.165) is 38.8 Å². The third-order valence-electron chi connectivity index (χ3n) is 4.49. The van der Waals surface area contributed by atoms with Crippen LogP contribution in [0.15, 0.2) is 12.7 Å². The Balaban J connectivity index is -0.000000432. The molecule has 6 heteroatoms. The summed E-state index contributed by atoms with van der Waals surface area (Å²) in [5.74, 6) is -0.145. The first-order valence-corrected chi connectivity index (χ1v) is 10.8. The molecule has 0 rings (SSSR count). The average Bonchev–Trinajstić information content (AvgIpc) is 2.58. The van der Waals surface area contributed by atoms with Gasteiger partial charge in [0.05, 0.1) is 7.05 Å². The van der Waals surface area contributed by atoms with E-state index in [1.54, 1.807) is 6.92 Å². The third-order valence-corrected chi connectivity index (χ3v) is 4.49. The van der Waals surface area contributed by atoms with Crippen LogP contribution in [-0.4, -0.2) is 36.5 Å². The van der Waals surface area contributed by atoms with E-state index in [-0.39, 0.29) is 24.2 Å². The molecular formula is C22H46ClN3O2. The van der Waals surface area contributed by atoms with Gasteiger partial charge < -0.3 is 18.1 Å². The van der Waals surface area contributed by atoms with E-state index in [9.17, 15) is 9.59 Å². The molecule has 0 aromatic rings. The molecule has 1 atom stereocenters. The average molecular weight is 420 g/mol. The zero-order chi connectivity index (χ0) is 21.0. The van der Waals surface area contributed by atoms with Gasteiger partial charge in [-0.3, -0.25) is 9.59 Å². The lowest BCUT2D eigenvalue weighted by Gasteiger charge is -2.32. The maximum Gasteiger partial charge on any atom is 0.261 e. The highest BCUT2D eigenvalue weighted by atomic mass is 35.5. The number of hydrogen-bond acceptors (Lipinski definition) is 2. The van der Waals surface area contributed by atoms with Crippen molar-refractivity contribution in [2.24, 2.45) is 5.73 Å². The molecule has 0 spiro atoms. The molecule has 0 aromatic carbocycles. The lowest BCUT2D eigenvalue weighted by Crippen LogP contribution is -3.00. The summed E-state index contributed by atoms with van der Waals surface area (Å²) in [6.07, 6.45) is 16.2. The summed E-state index contributed by atoms with van der Waals surface area (Å²) in [4.78, 5) is 21.4. The summed E-state index contributed by atoms with van der Waals surface area (Å²) in [6.45, 7) is 11.4. The normalized spacial score (nSPS) is 12.0. The van der Waals surface area contributed by atoms with Crippen LogP contribution in [0.3, 0.4) is 0 Å². The summed E-state index contributed by atoms with van der Waals surface area (Å²) in [7, 11) is 2.01. The van der Waals surface area contributed by atoms with Crippen molar-refractivity contribution in [1.29, 1.82) is 0 Å². The molecule has 3 N–H and O–H groups in total. The van der Waals surface area contributed by atoms with Gasteiger partial charge in [-0.2, -0.15) is 0 Å². The van der Waals surface area contributed by atoms with E-state index in [2.05, 4.69) is 25.9 Å². The fourth-order valence-electron chi connectivity index (χ4n) is 2.97. The van der Waals surface area contributed by atoms with Crippen molar-refractivity contribution < 1.29 is 26.6 Å². The van der Waals surface area contributed by atoms with Gasteiger partial charge >= 0.3 is 0 Å². The minimum atomic E-state index is -0.159. The summed E-state index contributed by atoms with van der Waals surface area (Å²) in [5.41, 5.74) is 7.97. The fraction of sp³-hybridized carbons (Fsp3) is 0.818. The maximum atomic E-state index is 10.9. The second kappa shape index (κ2) is 22.2. The number of rotatable bonds is 16. The Morgan fingerprint density at radius 2 is 1.39 bits per heavy atom. The number of nitrogens with one attached hydrogen (secondary N) is 1. The quantitative estimate of drug-likeness (QED) is 0.173. The summed E-state index contributed by atoms with van der Waals surface area (Å²) < 4.78 is 0.562. The van der Waals surface area contributed by atoms with Crippen molar-refractivity contribution in [1.82, 2.24) is 5.43 Å². The predicted octanol–water partition coefficient (Wildman–Crippen LogP) is 1.87. The third kappa shape index (κ3) is 24.9. The molecular weight excluding hydrogens is 374 g/mol. The topological polar surface area (TPSA) is 72.2 Å². The molecule has 2 amide bonds. The predicted molar refractivity (Wildman–Crippen MR) is 116 cm³/mol. The molecule has 5 nitrogen and oxygen atoms in total. The largest absolute Gasteiger partial charge is 1.00 e. The molecule has 28 heavy (non-hydrogen) atoms. The van der Waals surface area contributed by atoms with Crippen molar-refractivity contribution in [2.75, 3.05) is 20.1 Å².